The monoisotopic (exact) mass is 373 g/mol. The van der Waals surface area contributed by atoms with Gasteiger partial charge in [-0.3, -0.25) is 4.79 Å². The van der Waals surface area contributed by atoms with Crippen LogP contribution in [-0.4, -0.2) is 36.8 Å². The number of rotatable bonds is 5. The third-order valence-corrected chi connectivity index (χ3v) is 5.34. The molecule has 1 aliphatic carbocycles. The Morgan fingerprint density at radius 1 is 1.42 bits per heavy atom. The fourth-order valence-electron chi connectivity index (χ4n) is 3.56. The quantitative estimate of drug-likeness (QED) is 0.640. The van der Waals surface area contributed by atoms with E-state index in [0.717, 1.165) is 36.1 Å². The number of amides is 1. The SMILES string of the molecule is CCn1c(CO)nnc1C1CC(NC(=O)c2cc3c(Cl)cccc3[nH]2)C1. The average molecular weight is 374 g/mol. The number of fused-ring (bicyclic) bond motifs is 1. The van der Waals surface area contributed by atoms with E-state index < -0.39 is 0 Å². The number of nitrogens with one attached hydrogen (secondary N) is 2. The summed E-state index contributed by atoms with van der Waals surface area (Å²) in [6, 6.07) is 7.44. The van der Waals surface area contributed by atoms with Gasteiger partial charge in [0.25, 0.3) is 5.91 Å². The van der Waals surface area contributed by atoms with Crippen LogP contribution in [0.2, 0.25) is 5.02 Å². The van der Waals surface area contributed by atoms with Gasteiger partial charge in [0, 0.05) is 34.4 Å². The molecule has 4 rings (SSSR count). The van der Waals surface area contributed by atoms with Crippen LogP contribution in [0.4, 0.5) is 0 Å². The second-order valence-electron chi connectivity index (χ2n) is 6.60. The fraction of sp³-hybridized carbons (Fsp3) is 0.389. The number of aliphatic hydroxyl groups is 1. The molecule has 1 amide bonds. The summed E-state index contributed by atoms with van der Waals surface area (Å²) in [7, 11) is 0. The molecule has 0 unspecified atom stereocenters. The van der Waals surface area contributed by atoms with Gasteiger partial charge in [0.2, 0.25) is 0 Å². The van der Waals surface area contributed by atoms with Gasteiger partial charge in [0.05, 0.1) is 0 Å². The lowest BCUT2D eigenvalue weighted by Crippen LogP contribution is -2.44. The van der Waals surface area contributed by atoms with Crippen LogP contribution in [0.3, 0.4) is 0 Å². The van der Waals surface area contributed by atoms with Crippen molar-refractivity contribution in [3.8, 4) is 0 Å². The molecule has 1 saturated carbocycles. The Labute approximate surface area is 155 Å². The molecular weight excluding hydrogens is 354 g/mol. The standard InChI is InChI=1S/C18H20ClN5O2/c1-2-24-16(9-25)22-23-17(24)10-6-11(7-10)20-18(26)15-8-12-13(19)4-3-5-14(12)21-15/h3-5,8,10-11,21,25H,2,6-7,9H2,1H3,(H,20,26). The lowest BCUT2D eigenvalue weighted by molar-refractivity contribution is 0.0902. The fourth-order valence-corrected chi connectivity index (χ4v) is 3.79. The summed E-state index contributed by atoms with van der Waals surface area (Å²) in [5, 5.41) is 22.1. The first-order valence-electron chi connectivity index (χ1n) is 8.71. The van der Waals surface area contributed by atoms with Crippen molar-refractivity contribution in [3.05, 3.63) is 46.6 Å². The highest BCUT2D eigenvalue weighted by Crippen LogP contribution is 2.36. The summed E-state index contributed by atoms with van der Waals surface area (Å²) in [5.74, 6) is 1.60. The normalized spacial score (nSPS) is 19.5. The Bertz CT molecular complexity index is 958. The molecule has 0 saturated heterocycles. The van der Waals surface area contributed by atoms with Crippen molar-refractivity contribution < 1.29 is 9.90 Å². The zero-order valence-electron chi connectivity index (χ0n) is 14.4. The number of carbonyl (C=O) groups is 1. The largest absolute Gasteiger partial charge is 0.388 e. The third-order valence-electron chi connectivity index (χ3n) is 5.01. The highest BCUT2D eigenvalue weighted by molar-refractivity contribution is 6.35. The second-order valence-corrected chi connectivity index (χ2v) is 7.01. The number of halogens is 1. The first-order chi connectivity index (χ1) is 12.6. The van der Waals surface area contributed by atoms with E-state index in [-0.39, 0.29) is 24.5 Å². The average Bonchev–Trinajstić information content (AvgIpc) is 3.21. The lowest BCUT2D eigenvalue weighted by atomic mass is 9.79. The second kappa shape index (κ2) is 6.74. The maximum atomic E-state index is 12.5. The van der Waals surface area contributed by atoms with E-state index in [1.807, 2.05) is 23.6 Å². The molecule has 26 heavy (non-hydrogen) atoms. The number of hydrogen-bond acceptors (Lipinski definition) is 4. The van der Waals surface area contributed by atoms with E-state index >= 15 is 0 Å². The van der Waals surface area contributed by atoms with E-state index in [1.165, 1.54) is 0 Å². The van der Waals surface area contributed by atoms with Gasteiger partial charge in [-0.2, -0.15) is 0 Å². The number of aliphatic hydroxyl groups excluding tert-OH is 1. The van der Waals surface area contributed by atoms with Crippen molar-refractivity contribution in [2.24, 2.45) is 0 Å². The Morgan fingerprint density at radius 3 is 2.92 bits per heavy atom. The number of nitrogens with zero attached hydrogens (tertiary/aromatic N) is 3. The number of carbonyl (C=O) groups excluding carboxylic acids is 1. The maximum Gasteiger partial charge on any atom is 0.267 e. The van der Waals surface area contributed by atoms with Crippen molar-refractivity contribution in [1.29, 1.82) is 0 Å². The molecule has 1 aliphatic rings. The van der Waals surface area contributed by atoms with Crippen LogP contribution >= 0.6 is 11.6 Å². The molecule has 0 aliphatic heterocycles. The van der Waals surface area contributed by atoms with Gasteiger partial charge < -0.3 is 20.0 Å². The van der Waals surface area contributed by atoms with Crippen molar-refractivity contribution in [2.75, 3.05) is 0 Å². The van der Waals surface area contributed by atoms with E-state index in [9.17, 15) is 9.90 Å². The molecule has 0 radical (unpaired) electrons. The summed E-state index contributed by atoms with van der Waals surface area (Å²) < 4.78 is 1.95. The Hall–Kier alpha value is -2.38. The van der Waals surface area contributed by atoms with Crippen molar-refractivity contribution >= 4 is 28.4 Å². The lowest BCUT2D eigenvalue weighted by Gasteiger charge is -2.35. The molecule has 0 bridgehead atoms. The Balaban J connectivity index is 1.41. The topological polar surface area (TPSA) is 95.8 Å². The zero-order valence-corrected chi connectivity index (χ0v) is 15.1. The molecule has 1 aromatic carbocycles. The van der Waals surface area contributed by atoms with Crippen LogP contribution in [-0.2, 0) is 13.2 Å². The molecule has 2 aromatic heterocycles. The molecular formula is C18H20ClN5O2. The minimum Gasteiger partial charge on any atom is -0.388 e. The zero-order chi connectivity index (χ0) is 18.3. The number of H-pyrrole nitrogens is 1. The van der Waals surface area contributed by atoms with Crippen LogP contribution in [0.5, 0.6) is 0 Å². The van der Waals surface area contributed by atoms with Crippen LogP contribution < -0.4 is 5.32 Å². The summed E-state index contributed by atoms with van der Waals surface area (Å²) in [6.07, 6.45) is 1.63. The number of benzene rings is 1. The summed E-state index contributed by atoms with van der Waals surface area (Å²) >= 11 is 6.16. The number of hydrogen-bond donors (Lipinski definition) is 3. The highest BCUT2D eigenvalue weighted by atomic mass is 35.5. The van der Waals surface area contributed by atoms with Crippen molar-refractivity contribution in [3.63, 3.8) is 0 Å². The Morgan fingerprint density at radius 2 is 2.23 bits per heavy atom. The minimum atomic E-state index is -0.131. The first-order valence-corrected chi connectivity index (χ1v) is 9.09. The number of aromatic nitrogens is 4. The van der Waals surface area contributed by atoms with Gasteiger partial charge in [0.1, 0.15) is 18.1 Å². The van der Waals surface area contributed by atoms with Crippen LogP contribution in [0.25, 0.3) is 10.9 Å². The van der Waals surface area contributed by atoms with E-state index in [2.05, 4.69) is 20.5 Å². The summed E-state index contributed by atoms with van der Waals surface area (Å²) in [4.78, 5) is 15.6. The van der Waals surface area contributed by atoms with Crippen LogP contribution in [0.15, 0.2) is 24.3 Å². The molecule has 0 spiro atoms. The predicted molar refractivity (Wildman–Crippen MR) is 98.2 cm³/mol. The van der Waals surface area contributed by atoms with Crippen LogP contribution in [0.1, 0.15) is 47.8 Å². The van der Waals surface area contributed by atoms with Gasteiger partial charge in [0.15, 0.2) is 5.82 Å². The molecule has 7 nitrogen and oxygen atoms in total. The van der Waals surface area contributed by atoms with Gasteiger partial charge in [-0.1, -0.05) is 17.7 Å². The number of aromatic amines is 1. The van der Waals surface area contributed by atoms with Crippen molar-refractivity contribution in [2.45, 2.75) is 44.9 Å². The maximum absolute atomic E-state index is 12.5. The van der Waals surface area contributed by atoms with Crippen LogP contribution in [0, 0.1) is 0 Å². The molecule has 3 N–H and O–H groups in total. The highest BCUT2D eigenvalue weighted by Gasteiger charge is 2.35. The predicted octanol–water partition coefficient (Wildman–Crippen LogP) is 2.60. The molecule has 8 heteroatoms. The van der Waals surface area contributed by atoms with Crippen molar-refractivity contribution in [1.82, 2.24) is 25.1 Å². The van der Waals surface area contributed by atoms with Gasteiger partial charge in [-0.15, -0.1) is 10.2 Å². The Kier molecular flexibility index (Phi) is 4.42. The van der Waals surface area contributed by atoms with E-state index in [4.69, 9.17) is 11.6 Å². The third kappa shape index (κ3) is 2.87. The van der Waals surface area contributed by atoms with Gasteiger partial charge in [-0.05, 0) is 38.0 Å². The van der Waals surface area contributed by atoms with E-state index in [0.29, 0.717) is 16.5 Å². The smallest absolute Gasteiger partial charge is 0.267 e. The van der Waals surface area contributed by atoms with E-state index in [1.54, 1.807) is 12.1 Å². The van der Waals surface area contributed by atoms with Gasteiger partial charge >= 0.3 is 0 Å². The summed E-state index contributed by atoms with van der Waals surface area (Å²) in [6.45, 7) is 2.61. The minimum absolute atomic E-state index is 0.106. The van der Waals surface area contributed by atoms with Gasteiger partial charge in [-0.25, -0.2) is 0 Å². The molecule has 3 aromatic rings. The molecule has 1 fully saturated rings. The summed E-state index contributed by atoms with van der Waals surface area (Å²) in [5.41, 5.74) is 1.36. The molecule has 136 valence electrons. The molecule has 2 heterocycles. The first kappa shape index (κ1) is 17.1. The molecule has 0 atom stereocenters.